The number of anilines is 1. The van der Waals surface area contributed by atoms with Gasteiger partial charge in [-0.3, -0.25) is 0 Å². The number of nitrogens with zero attached hydrogens (tertiary/aromatic N) is 1. The van der Waals surface area contributed by atoms with Crippen LogP contribution in [0.15, 0.2) is 4.52 Å². The Morgan fingerprint density at radius 1 is 1.41 bits per heavy atom. The highest BCUT2D eigenvalue weighted by Crippen LogP contribution is 2.48. The van der Waals surface area contributed by atoms with Crippen LogP contribution < -0.4 is 5.73 Å². The zero-order valence-electron chi connectivity index (χ0n) is 11.3. The molecule has 0 bridgehead atoms. The Bertz CT molecular complexity index is 382. The summed E-state index contributed by atoms with van der Waals surface area (Å²) in [4.78, 5) is 0. The van der Waals surface area contributed by atoms with Crippen LogP contribution in [-0.4, -0.2) is 5.16 Å². The Hall–Kier alpha value is -0.990. The van der Waals surface area contributed by atoms with Crippen molar-refractivity contribution in [2.75, 3.05) is 5.73 Å². The molecule has 0 amide bonds. The molecule has 17 heavy (non-hydrogen) atoms. The number of nitrogen functional groups attached to an aromatic ring is 1. The van der Waals surface area contributed by atoms with Crippen LogP contribution >= 0.6 is 0 Å². The maximum Gasteiger partial charge on any atom is 0.170 e. The van der Waals surface area contributed by atoms with Gasteiger partial charge in [0.25, 0.3) is 0 Å². The van der Waals surface area contributed by atoms with Crippen LogP contribution in [0.25, 0.3) is 0 Å². The third-order valence-electron chi connectivity index (χ3n) is 4.17. The molecule has 0 aromatic carbocycles. The van der Waals surface area contributed by atoms with Crippen LogP contribution in [0.1, 0.15) is 70.1 Å². The Morgan fingerprint density at radius 2 is 2.18 bits per heavy atom. The predicted octanol–water partition coefficient (Wildman–Crippen LogP) is 3.89. The van der Waals surface area contributed by atoms with E-state index >= 15 is 0 Å². The fraction of sp³-hybridized carbons (Fsp3) is 0.786. The maximum atomic E-state index is 5.92. The molecule has 1 saturated carbocycles. The fourth-order valence-electron chi connectivity index (χ4n) is 3.09. The van der Waals surface area contributed by atoms with Crippen LogP contribution in [0, 0.1) is 5.41 Å². The SMILES string of the molecule is CCCc1c(N)noc1C1CCCCC1(C)C. The van der Waals surface area contributed by atoms with Crippen LogP contribution in [0.2, 0.25) is 0 Å². The average Bonchev–Trinajstić information content (AvgIpc) is 2.61. The molecule has 3 nitrogen and oxygen atoms in total. The van der Waals surface area contributed by atoms with E-state index in [1.807, 2.05) is 0 Å². The monoisotopic (exact) mass is 236 g/mol. The first kappa shape index (κ1) is 12.5. The van der Waals surface area contributed by atoms with E-state index in [9.17, 15) is 0 Å². The minimum atomic E-state index is 0.312. The van der Waals surface area contributed by atoms with Crippen molar-refractivity contribution < 1.29 is 4.52 Å². The highest BCUT2D eigenvalue weighted by molar-refractivity contribution is 5.42. The second-order valence-electron chi connectivity index (χ2n) is 5.95. The van der Waals surface area contributed by atoms with Crippen molar-refractivity contribution in [1.29, 1.82) is 0 Å². The zero-order valence-corrected chi connectivity index (χ0v) is 11.3. The largest absolute Gasteiger partial charge is 0.381 e. The Labute approximate surface area is 104 Å². The summed E-state index contributed by atoms with van der Waals surface area (Å²) >= 11 is 0. The van der Waals surface area contributed by atoms with Gasteiger partial charge in [0.05, 0.1) is 0 Å². The molecule has 1 atom stereocenters. The summed E-state index contributed by atoms with van der Waals surface area (Å²) in [6.07, 6.45) is 7.17. The Kier molecular flexibility index (Phi) is 3.45. The average molecular weight is 236 g/mol. The third kappa shape index (κ3) is 2.33. The maximum absolute atomic E-state index is 5.92. The lowest BCUT2D eigenvalue weighted by molar-refractivity contribution is 0.167. The molecule has 1 aliphatic carbocycles. The molecule has 0 radical (unpaired) electrons. The van der Waals surface area contributed by atoms with Crippen molar-refractivity contribution in [3.05, 3.63) is 11.3 Å². The second-order valence-corrected chi connectivity index (χ2v) is 5.95. The fourth-order valence-corrected chi connectivity index (χ4v) is 3.09. The van der Waals surface area contributed by atoms with E-state index < -0.39 is 0 Å². The minimum Gasteiger partial charge on any atom is -0.381 e. The van der Waals surface area contributed by atoms with Crippen LogP contribution in [-0.2, 0) is 6.42 Å². The molecule has 1 aromatic rings. The van der Waals surface area contributed by atoms with Gasteiger partial charge in [0, 0.05) is 11.5 Å². The summed E-state index contributed by atoms with van der Waals surface area (Å²) in [6, 6.07) is 0. The molecule has 3 heteroatoms. The molecule has 0 aliphatic heterocycles. The summed E-state index contributed by atoms with van der Waals surface area (Å²) in [6.45, 7) is 6.85. The van der Waals surface area contributed by atoms with Crippen LogP contribution in [0.3, 0.4) is 0 Å². The molecule has 1 unspecified atom stereocenters. The molecule has 2 rings (SSSR count). The molecule has 96 valence electrons. The van der Waals surface area contributed by atoms with Gasteiger partial charge in [-0.1, -0.05) is 45.2 Å². The first-order chi connectivity index (χ1) is 8.06. The van der Waals surface area contributed by atoms with Gasteiger partial charge >= 0.3 is 0 Å². The lowest BCUT2D eigenvalue weighted by atomic mass is 9.67. The standard InChI is InChI=1S/C14H24N2O/c1-4-7-10-12(17-16-13(10)15)11-8-5-6-9-14(11,2)3/h11H,4-9H2,1-3H3,(H2,15,16). The molecule has 1 aliphatic rings. The molecular weight excluding hydrogens is 212 g/mol. The van der Waals surface area contributed by atoms with E-state index in [1.54, 1.807) is 0 Å². The van der Waals surface area contributed by atoms with Crippen LogP contribution in [0.4, 0.5) is 5.82 Å². The van der Waals surface area contributed by atoms with Gasteiger partial charge in [0.2, 0.25) is 0 Å². The lowest BCUT2D eigenvalue weighted by Gasteiger charge is -2.37. The summed E-state index contributed by atoms with van der Waals surface area (Å²) in [7, 11) is 0. The normalized spacial score (nSPS) is 23.8. The molecule has 0 spiro atoms. The van der Waals surface area contributed by atoms with E-state index in [4.69, 9.17) is 10.3 Å². The van der Waals surface area contributed by atoms with Gasteiger partial charge in [0.1, 0.15) is 5.76 Å². The number of rotatable bonds is 3. The third-order valence-corrected chi connectivity index (χ3v) is 4.17. The van der Waals surface area contributed by atoms with Crippen molar-refractivity contribution in [2.24, 2.45) is 5.41 Å². The first-order valence-electron chi connectivity index (χ1n) is 6.80. The van der Waals surface area contributed by atoms with Gasteiger partial charge in [-0.05, 0) is 24.7 Å². The topological polar surface area (TPSA) is 52.0 Å². The number of hydrogen-bond acceptors (Lipinski definition) is 3. The quantitative estimate of drug-likeness (QED) is 0.866. The molecular formula is C14H24N2O. The van der Waals surface area contributed by atoms with Crippen molar-refractivity contribution in [3.63, 3.8) is 0 Å². The second kappa shape index (κ2) is 4.71. The van der Waals surface area contributed by atoms with Crippen molar-refractivity contribution >= 4 is 5.82 Å². The summed E-state index contributed by atoms with van der Waals surface area (Å²) in [5.41, 5.74) is 7.39. The van der Waals surface area contributed by atoms with Gasteiger partial charge < -0.3 is 10.3 Å². The Balaban J connectivity index is 2.32. The first-order valence-corrected chi connectivity index (χ1v) is 6.80. The zero-order chi connectivity index (χ0) is 12.5. The summed E-state index contributed by atoms with van der Waals surface area (Å²) in [5.74, 6) is 2.15. The van der Waals surface area contributed by atoms with E-state index in [1.165, 1.54) is 25.7 Å². The number of hydrogen-bond donors (Lipinski definition) is 1. The van der Waals surface area contributed by atoms with E-state index in [0.717, 1.165) is 24.2 Å². The smallest absolute Gasteiger partial charge is 0.170 e. The number of aromatic nitrogens is 1. The van der Waals surface area contributed by atoms with Gasteiger partial charge in [-0.25, -0.2) is 0 Å². The highest BCUT2D eigenvalue weighted by atomic mass is 16.5. The van der Waals surface area contributed by atoms with Crippen LogP contribution in [0.5, 0.6) is 0 Å². The molecule has 0 saturated heterocycles. The summed E-state index contributed by atoms with van der Waals surface area (Å²) < 4.78 is 5.55. The van der Waals surface area contributed by atoms with Gasteiger partial charge in [-0.15, -0.1) is 0 Å². The van der Waals surface area contributed by atoms with Gasteiger partial charge in [0.15, 0.2) is 5.82 Å². The lowest BCUT2D eigenvalue weighted by Crippen LogP contribution is -2.26. The molecule has 1 fully saturated rings. The van der Waals surface area contributed by atoms with Crippen molar-refractivity contribution in [2.45, 2.75) is 65.2 Å². The van der Waals surface area contributed by atoms with Crippen molar-refractivity contribution in [3.8, 4) is 0 Å². The molecule has 2 N–H and O–H groups in total. The van der Waals surface area contributed by atoms with E-state index in [2.05, 4.69) is 25.9 Å². The molecule has 1 heterocycles. The van der Waals surface area contributed by atoms with E-state index in [0.29, 0.717) is 17.2 Å². The minimum absolute atomic E-state index is 0.312. The van der Waals surface area contributed by atoms with Gasteiger partial charge in [-0.2, -0.15) is 0 Å². The van der Waals surface area contributed by atoms with E-state index in [-0.39, 0.29) is 0 Å². The molecule has 1 aromatic heterocycles. The van der Waals surface area contributed by atoms with Crippen molar-refractivity contribution in [1.82, 2.24) is 5.16 Å². The highest BCUT2D eigenvalue weighted by Gasteiger charge is 2.37. The Morgan fingerprint density at radius 3 is 2.82 bits per heavy atom. The summed E-state index contributed by atoms with van der Waals surface area (Å²) in [5, 5.41) is 3.98. The predicted molar refractivity (Wildman–Crippen MR) is 69.9 cm³/mol. The number of nitrogens with two attached hydrogens (primary N) is 1.